The average Bonchev–Trinajstić information content (AvgIpc) is 2.81. The predicted octanol–water partition coefficient (Wildman–Crippen LogP) is 1.93. The molecule has 3 nitrogen and oxygen atoms in total. The van der Waals surface area contributed by atoms with E-state index in [4.69, 9.17) is 9.92 Å². The van der Waals surface area contributed by atoms with Crippen molar-refractivity contribution in [3.05, 3.63) is 53.6 Å². The van der Waals surface area contributed by atoms with Crippen LogP contribution in [0.5, 0.6) is 0 Å². The van der Waals surface area contributed by atoms with Gasteiger partial charge in [-0.1, -0.05) is 30.0 Å². The largest absolute Gasteiger partial charge is 0.491 e. The summed E-state index contributed by atoms with van der Waals surface area (Å²) in [4.78, 5) is 1.98. The van der Waals surface area contributed by atoms with E-state index < -0.39 is 7.12 Å². The molecule has 19 heavy (non-hydrogen) atoms. The normalized spacial score (nSPS) is 13.2. The number of hydrogen-bond acceptors (Lipinski definition) is 4. The third kappa shape index (κ3) is 2.38. The average molecular weight is 267 g/mol. The summed E-state index contributed by atoms with van der Waals surface area (Å²) < 4.78 is 5.17. The van der Waals surface area contributed by atoms with Gasteiger partial charge in [-0.25, -0.2) is 0 Å². The second-order valence-corrected chi connectivity index (χ2v) is 5.35. The van der Waals surface area contributed by atoms with E-state index in [-0.39, 0.29) is 0 Å². The Morgan fingerprint density at radius 1 is 1.26 bits per heavy atom. The number of benzene rings is 2. The third-order valence-corrected chi connectivity index (χ3v) is 4.08. The molecular weight excluding hydrogens is 257 g/mol. The Kier molecular flexibility index (Phi) is 3.30. The summed E-state index contributed by atoms with van der Waals surface area (Å²) in [6, 6.07) is 15.5. The highest BCUT2D eigenvalue weighted by Crippen LogP contribution is 2.31. The number of hydrogen-bond donors (Lipinski definition) is 1. The van der Waals surface area contributed by atoms with Gasteiger partial charge >= 0.3 is 7.12 Å². The summed E-state index contributed by atoms with van der Waals surface area (Å²) in [7, 11) is -0.805. The van der Waals surface area contributed by atoms with Crippen LogP contribution in [0.3, 0.4) is 0 Å². The van der Waals surface area contributed by atoms with Crippen LogP contribution in [0.25, 0.3) is 0 Å². The van der Waals surface area contributed by atoms with Crippen LogP contribution >= 0.6 is 11.8 Å². The summed E-state index contributed by atoms with van der Waals surface area (Å²) in [6.07, 6.45) is 0. The highest BCUT2D eigenvalue weighted by Gasteiger charge is 2.27. The van der Waals surface area contributed by atoms with Crippen LogP contribution in [0.2, 0.25) is 0 Å². The summed E-state index contributed by atoms with van der Waals surface area (Å²) >= 11 is 1.55. The SMILES string of the molecule is N#Cc1ccccc1Sc1ccc2c(c1)COB2O. The number of rotatable bonds is 2. The minimum absolute atomic E-state index is 0.435. The molecule has 0 amide bonds. The Bertz CT molecular complexity index is 669. The topological polar surface area (TPSA) is 53.2 Å². The fraction of sp³-hybridized carbons (Fsp3) is 0.0714. The Labute approximate surface area is 116 Å². The zero-order valence-electron chi connectivity index (χ0n) is 10.0. The highest BCUT2D eigenvalue weighted by molar-refractivity contribution is 7.99. The first kappa shape index (κ1) is 12.3. The van der Waals surface area contributed by atoms with E-state index in [1.54, 1.807) is 11.8 Å². The van der Waals surface area contributed by atoms with Gasteiger partial charge in [-0.3, -0.25) is 0 Å². The lowest BCUT2D eigenvalue weighted by Crippen LogP contribution is -2.27. The molecule has 3 rings (SSSR count). The fourth-order valence-electron chi connectivity index (χ4n) is 2.04. The molecule has 0 aromatic heterocycles. The molecule has 2 aromatic carbocycles. The molecule has 1 heterocycles. The van der Waals surface area contributed by atoms with Gasteiger partial charge in [-0.2, -0.15) is 5.26 Å². The van der Waals surface area contributed by atoms with Crippen molar-refractivity contribution in [2.75, 3.05) is 0 Å². The maximum absolute atomic E-state index is 9.57. The van der Waals surface area contributed by atoms with Crippen LogP contribution in [0.4, 0.5) is 0 Å². The molecule has 0 fully saturated rings. The molecule has 92 valence electrons. The molecule has 0 saturated heterocycles. The third-order valence-electron chi connectivity index (χ3n) is 3.01. The van der Waals surface area contributed by atoms with E-state index in [0.29, 0.717) is 12.2 Å². The van der Waals surface area contributed by atoms with Crippen molar-refractivity contribution < 1.29 is 9.68 Å². The van der Waals surface area contributed by atoms with Crippen molar-refractivity contribution in [1.29, 1.82) is 5.26 Å². The van der Waals surface area contributed by atoms with Crippen molar-refractivity contribution >= 4 is 24.3 Å². The number of fused-ring (bicyclic) bond motifs is 1. The zero-order valence-corrected chi connectivity index (χ0v) is 10.9. The minimum atomic E-state index is -0.805. The molecule has 1 aliphatic rings. The molecule has 0 saturated carbocycles. The smallest absolute Gasteiger partial charge is 0.423 e. The summed E-state index contributed by atoms with van der Waals surface area (Å²) in [5, 5.41) is 18.6. The monoisotopic (exact) mass is 267 g/mol. The molecule has 0 radical (unpaired) electrons. The van der Waals surface area contributed by atoms with Crippen molar-refractivity contribution in [2.24, 2.45) is 0 Å². The minimum Gasteiger partial charge on any atom is -0.423 e. The van der Waals surface area contributed by atoms with Crippen LogP contribution in [0.1, 0.15) is 11.1 Å². The second kappa shape index (κ2) is 5.10. The highest BCUT2D eigenvalue weighted by atomic mass is 32.2. The summed E-state index contributed by atoms with van der Waals surface area (Å²) in [6.45, 7) is 0.435. The second-order valence-electron chi connectivity index (χ2n) is 4.23. The van der Waals surface area contributed by atoms with Crippen LogP contribution < -0.4 is 5.46 Å². The first-order chi connectivity index (χ1) is 9.28. The number of nitrogens with zero attached hydrogens (tertiary/aromatic N) is 1. The summed E-state index contributed by atoms with van der Waals surface area (Å²) in [5.41, 5.74) is 2.51. The van der Waals surface area contributed by atoms with E-state index in [2.05, 4.69) is 6.07 Å². The molecule has 2 aromatic rings. The first-order valence-electron chi connectivity index (χ1n) is 5.87. The van der Waals surface area contributed by atoms with Gasteiger partial charge < -0.3 is 9.68 Å². The fourth-order valence-corrected chi connectivity index (χ4v) is 3.01. The van der Waals surface area contributed by atoms with Gasteiger partial charge in [0.1, 0.15) is 6.07 Å². The van der Waals surface area contributed by atoms with Crippen LogP contribution in [0, 0.1) is 11.3 Å². The van der Waals surface area contributed by atoms with Crippen molar-refractivity contribution in [3.63, 3.8) is 0 Å². The lowest BCUT2D eigenvalue weighted by molar-refractivity contribution is 0.275. The van der Waals surface area contributed by atoms with Gasteiger partial charge in [0.05, 0.1) is 12.2 Å². The molecule has 1 N–H and O–H groups in total. The Balaban J connectivity index is 1.91. The predicted molar refractivity (Wildman–Crippen MR) is 74.1 cm³/mol. The lowest BCUT2D eigenvalue weighted by atomic mass is 9.80. The standard InChI is InChI=1S/C14H10BNO2S/c16-8-10-3-1-2-4-14(10)19-12-5-6-13-11(7-12)9-18-15(13)17/h1-7,17H,9H2. The van der Waals surface area contributed by atoms with Gasteiger partial charge in [0.15, 0.2) is 0 Å². The quantitative estimate of drug-likeness (QED) is 0.845. The zero-order chi connectivity index (χ0) is 13.2. The summed E-state index contributed by atoms with van der Waals surface area (Å²) in [5.74, 6) is 0. The van der Waals surface area contributed by atoms with Crippen LogP contribution in [0.15, 0.2) is 52.3 Å². The maximum atomic E-state index is 9.57. The molecule has 5 heteroatoms. The molecule has 0 aliphatic carbocycles. The van der Waals surface area contributed by atoms with E-state index in [0.717, 1.165) is 20.8 Å². The molecule has 0 atom stereocenters. The van der Waals surface area contributed by atoms with E-state index in [1.807, 2.05) is 42.5 Å². The Morgan fingerprint density at radius 2 is 2.11 bits per heavy atom. The van der Waals surface area contributed by atoms with Crippen molar-refractivity contribution in [2.45, 2.75) is 16.4 Å². The van der Waals surface area contributed by atoms with Crippen LogP contribution in [-0.4, -0.2) is 12.1 Å². The van der Waals surface area contributed by atoms with E-state index in [9.17, 15) is 5.02 Å². The Morgan fingerprint density at radius 3 is 2.95 bits per heavy atom. The molecular formula is C14H10BNO2S. The van der Waals surface area contributed by atoms with Gasteiger partial charge in [0.2, 0.25) is 0 Å². The van der Waals surface area contributed by atoms with Gasteiger partial charge in [-0.15, -0.1) is 0 Å². The number of nitriles is 1. The van der Waals surface area contributed by atoms with Gasteiger partial charge in [0, 0.05) is 9.79 Å². The van der Waals surface area contributed by atoms with Gasteiger partial charge in [-0.05, 0) is 35.3 Å². The first-order valence-corrected chi connectivity index (χ1v) is 6.69. The molecule has 1 aliphatic heterocycles. The van der Waals surface area contributed by atoms with Crippen molar-refractivity contribution in [1.82, 2.24) is 0 Å². The molecule has 0 bridgehead atoms. The van der Waals surface area contributed by atoms with E-state index >= 15 is 0 Å². The molecule has 0 spiro atoms. The van der Waals surface area contributed by atoms with Crippen LogP contribution in [-0.2, 0) is 11.3 Å². The lowest BCUT2D eigenvalue weighted by Gasteiger charge is -2.05. The van der Waals surface area contributed by atoms with Crippen molar-refractivity contribution in [3.8, 4) is 6.07 Å². The maximum Gasteiger partial charge on any atom is 0.491 e. The Hall–Kier alpha value is -1.74. The molecule has 0 unspecified atom stereocenters. The van der Waals surface area contributed by atoms with E-state index in [1.165, 1.54) is 0 Å². The van der Waals surface area contributed by atoms with Gasteiger partial charge in [0.25, 0.3) is 0 Å².